The van der Waals surface area contributed by atoms with Gasteiger partial charge in [-0.2, -0.15) is 0 Å². The quantitative estimate of drug-likeness (QED) is 0.810. The maximum atomic E-state index is 11.0. The van der Waals surface area contributed by atoms with E-state index in [0.717, 1.165) is 33.6 Å². The molecular weight excluding hydrogens is 294 g/mol. The zero-order chi connectivity index (χ0) is 13.3. The number of methoxy groups -OCH3 is 1. The molecule has 2 rings (SSSR count). The predicted molar refractivity (Wildman–Crippen MR) is 74.9 cm³/mol. The molecule has 1 aromatic carbocycles. The van der Waals surface area contributed by atoms with Gasteiger partial charge in [-0.15, -0.1) is 0 Å². The SMILES string of the molecule is COc1cc(Br)cc(-n2c(C)cc(C=O)c2C)c1. The highest BCUT2D eigenvalue weighted by molar-refractivity contribution is 9.10. The molecule has 0 aliphatic rings. The molecule has 18 heavy (non-hydrogen) atoms. The normalized spacial score (nSPS) is 10.4. The Labute approximate surface area is 115 Å². The van der Waals surface area contributed by atoms with Crippen molar-refractivity contribution in [3.8, 4) is 11.4 Å². The molecule has 3 nitrogen and oxygen atoms in total. The molecule has 1 heterocycles. The fourth-order valence-corrected chi connectivity index (χ4v) is 2.56. The number of hydrogen-bond donors (Lipinski definition) is 0. The van der Waals surface area contributed by atoms with Crippen LogP contribution >= 0.6 is 15.9 Å². The Balaban J connectivity index is 2.65. The lowest BCUT2D eigenvalue weighted by Gasteiger charge is -2.11. The third-order valence-corrected chi connectivity index (χ3v) is 3.41. The van der Waals surface area contributed by atoms with Gasteiger partial charge in [-0.25, -0.2) is 0 Å². The van der Waals surface area contributed by atoms with Crippen LogP contribution in [0.2, 0.25) is 0 Å². The molecule has 0 radical (unpaired) electrons. The first-order valence-electron chi connectivity index (χ1n) is 5.56. The summed E-state index contributed by atoms with van der Waals surface area (Å²) in [7, 11) is 1.64. The van der Waals surface area contributed by atoms with Crippen LogP contribution in [-0.2, 0) is 0 Å². The van der Waals surface area contributed by atoms with Gasteiger partial charge < -0.3 is 9.30 Å². The molecule has 2 aromatic rings. The van der Waals surface area contributed by atoms with Crippen LogP contribution in [-0.4, -0.2) is 18.0 Å². The summed E-state index contributed by atoms with van der Waals surface area (Å²) in [6.07, 6.45) is 0.883. The molecule has 0 fully saturated rings. The van der Waals surface area contributed by atoms with E-state index in [1.165, 1.54) is 0 Å². The molecule has 94 valence electrons. The number of benzene rings is 1. The number of aromatic nitrogens is 1. The Kier molecular flexibility index (Phi) is 3.57. The van der Waals surface area contributed by atoms with E-state index < -0.39 is 0 Å². The van der Waals surface area contributed by atoms with Crippen molar-refractivity contribution in [2.24, 2.45) is 0 Å². The van der Waals surface area contributed by atoms with Crippen LogP contribution in [0.3, 0.4) is 0 Å². The Bertz CT molecular complexity index is 602. The van der Waals surface area contributed by atoms with Crippen molar-refractivity contribution in [3.63, 3.8) is 0 Å². The van der Waals surface area contributed by atoms with E-state index >= 15 is 0 Å². The molecule has 0 spiro atoms. The van der Waals surface area contributed by atoms with Gasteiger partial charge in [0.05, 0.1) is 12.8 Å². The van der Waals surface area contributed by atoms with Crippen LogP contribution < -0.4 is 4.74 Å². The fourth-order valence-electron chi connectivity index (χ4n) is 2.10. The maximum Gasteiger partial charge on any atom is 0.151 e. The van der Waals surface area contributed by atoms with Crippen LogP contribution in [0.25, 0.3) is 5.69 Å². The zero-order valence-corrected chi connectivity index (χ0v) is 12.1. The van der Waals surface area contributed by atoms with Crippen molar-refractivity contribution >= 4 is 22.2 Å². The molecule has 4 heteroatoms. The summed E-state index contributed by atoms with van der Waals surface area (Å²) in [5.41, 5.74) is 3.65. The number of hydrogen-bond acceptors (Lipinski definition) is 2. The van der Waals surface area contributed by atoms with E-state index in [0.29, 0.717) is 5.56 Å². The first kappa shape index (κ1) is 12.9. The van der Waals surface area contributed by atoms with Crippen LogP contribution in [0.5, 0.6) is 5.75 Å². The molecule has 0 aliphatic heterocycles. The Morgan fingerprint density at radius 3 is 2.50 bits per heavy atom. The summed E-state index contributed by atoms with van der Waals surface area (Å²) in [5.74, 6) is 0.777. The van der Waals surface area contributed by atoms with Gasteiger partial charge in [0.25, 0.3) is 0 Å². The van der Waals surface area contributed by atoms with Gasteiger partial charge in [0, 0.05) is 27.5 Å². The molecule has 0 aliphatic carbocycles. The number of carbonyl (C=O) groups excluding carboxylic acids is 1. The lowest BCUT2D eigenvalue weighted by atomic mass is 10.2. The van der Waals surface area contributed by atoms with Crippen LogP contribution in [0.4, 0.5) is 0 Å². The maximum absolute atomic E-state index is 11.0. The third kappa shape index (κ3) is 2.20. The van der Waals surface area contributed by atoms with Crippen molar-refractivity contribution in [1.29, 1.82) is 0 Å². The first-order valence-corrected chi connectivity index (χ1v) is 6.35. The fraction of sp³-hybridized carbons (Fsp3) is 0.214. The van der Waals surface area contributed by atoms with Crippen LogP contribution in [0, 0.1) is 13.8 Å². The molecular formula is C14H14BrNO2. The molecule has 0 N–H and O–H groups in total. The number of ether oxygens (including phenoxy) is 1. The highest BCUT2D eigenvalue weighted by Crippen LogP contribution is 2.27. The summed E-state index contributed by atoms with van der Waals surface area (Å²) in [6, 6.07) is 7.73. The van der Waals surface area contributed by atoms with Crippen molar-refractivity contribution in [1.82, 2.24) is 4.57 Å². The van der Waals surface area contributed by atoms with E-state index in [4.69, 9.17) is 4.74 Å². The zero-order valence-electron chi connectivity index (χ0n) is 10.5. The Morgan fingerprint density at radius 2 is 1.94 bits per heavy atom. The van der Waals surface area contributed by atoms with E-state index in [1.807, 2.05) is 42.7 Å². The number of aldehydes is 1. The number of halogens is 1. The average molecular weight is 308 g/mol. The average Bonchev–Trinajstić information content (AvgIpc) is 2.63. The van der Waals surface area contributed by atoms with Gasteiger partial charge in [0.15, 0.2) is 6.29 Å². The summed E-state index contributed by atoms with van der Waals surface area (Å²) < 4.78 is 8.24. The number of aryl methyl sites for hydroxylation is 1. The second-order valence-corrected chi connectivity index (χ2v) is 5.04. The first-order chi connectivity index (χ1) is 8.56. The second-order valence-electron chi connectivity index (χ2n) is 4.13. The van der Waals surface area contributed by atoms with Crippen LogP contribution in [0.15, 0.2) is 28.7 Å². The Hall–Kier alpha value is -1.55. The van der Waals surface area contributed by atoms with Gasteiger partial charge in [0.1, 0.15) is 5.75 Å². The summed E-state index contributed by atoms with van der Waals surface area (Å²) in [6.45, 7) is 3.91. The molecule has 0 bridgehead atoms. The van der Waals surface area contributed by atoms with Crippen LogP contribution in [0.1, 0.15) is 21.7 Å². The second kappa shape index (κ2) is 4.98. The van der Waals surface area contributed by atoms with Crippen molar-refractivity contribution in [2.75, 3.05) is 7.11 Å². The smallest absolute Gasteiger partial charge is 0.151 e. The summed E-state index contributed by atoms with van der Waals surface area (Å²) in [4.78, 5) is 11.0. The highest BCUT2D eigenvalue weighted by Gasteiger charge is 2.11. The van der Waals surface area contributed by atoms with Gasteiger partial charge in [0.2, 0.25) is 0 Å². The van der Waals surface area contributed by atoms with Gasteiger partial charge in [-0.05, 0) is 32.0 Å². The van der Waals surface area contributed by atoms with E-state index in [9.17, 15) is 4.79 Å². The summed E-state index contributed by atoms with van der Waals surface area (Å²) in [5, 5.41) is 0. The lowest BCUT2D eigenvalue weighted by molar-refractivity contribution is 0.112. The largest absolute Gasteiger partial charge is 0.497 e. The molecule has 0 unspecified atom stereocenters. The minimum Gasteiger partial charge on any atom is -0.497 e. The van der Waals surface area contributed by atoms with E-state index in [-0.39, 0.29) is 0 Å². The minimum atomic E-state index is 0.714. The molecule has 0 amide bonds. The number of carbonyl (C=O) groups is 1. The van der Waals surface area contributed by atoms with E-state index in [1.54, 1.807) is 7.11 Å². The number of rotatable bonds is 3. The van der Waals surface area contributed by atoms with Gasteiger partial charge in [-0.3, -0.25) is 4.79 Å². The third-order valence-electron chi connectivity index (χ3n) is 2.95. The van der Waals surface area contributed by atoms with E-state index in [2.05, 4.69) is 15.9 Å². The molecule has 0 atom stereocenters. The van der Waals surface area contributed by atoms with Crippen molar-refractivity contribution in [3.05, 3.63) is 45.7 Å². The van der Waals surface area contributed by atoms with Crippen molar-refractivity contribution < 1.29 is 9.53 Å². The minimum absolute atomic E-state index is 0.714. The molecule has 1 aromatic heterocycles. The highest BCUT2D eigenvalue weighted by atomic mass is 79.9. The molecule has 0 saturated carbocycles. The summed E-state index contributed by atoms with van der Waals surface area (Å²) >= 11 is 3.46. The topological polar surface area (TPSA) is 31.2 Å². The Morgan fingerprint density at radius 1 is 1.22 bits per heavy atom. The van der Waals surface area contributed by atoms with Gasteiger partial charge >= 0.3 is 0 Å². The number of nitrogens with zero attached hydrogens (tertiary/aromatic N) is 1. The van der Waals surface area contributed by atoms with Crippen molar-refractivity contribution in [2.45, 2.75) is 13.8 Å². The van der Waals surface area contributed by atoms with Gasteiger partial charge in [-0.1, -0.05) is 15.9 Å². The molecule has 0 saturated heterocycles. The predicted octanol–water partition coefficient (Wildman–Crippen LogP) is 3.68. The monoisotopic (exact) mass is 307 g/mol. The lowest BCUT2D eigenvalue weighted by Crippen LogP contribution is -2.00. The standard InChI is InChI=1S/C14H14BrNO2/c1-9-4-11(8-17)10(2)16(9)13-5-12(15)6-14(7-13)18-3/h4-8H,1-3H3.